The molecule has 0 saturated heterocycles. The molecule has 0 fully saturated rings. The fraction of sp³-hybridized carbons (Fsp3) is 0.643. The molecule has 0 unspecified atom stereocenters. The molecule has 0 atom stereocenters. The standard InChI is InChI=1S/C14H22N2O3S/c1-5-6-11-15-10(4)13(20-11)14(19)16(9(2)3)8-7-12(17)18/h9H,5-8H2,1-4H3,(H,17,18). The molecule has 1 aromatic heterocycles. The van der Waals surface area contributed by atoms with Crippen LogP contribution in [0.2, 0.25) is 0 Å². The zero-order chi connectivity index (χ0) is 15.3. The molecular weight excluding hydrogens is 276 g/mol. The van der Waals surface area contributed by atoms with E-state index in [0.29, 0.717) is 4.88 Å². The molecule has 20 heavy (non-hydrogen) atoms. The molecule has 0 aliphatic heterocycles. The Hall–Kier alpha value is -1.43. The van der Waals surface area contributed by atoms with E-state index in [2.05, 4.69) is 11.9 Å². The Morgan fingerprint density at radius 2 is 2.05 bits per heavy atom. The highest BCUT2D eigenvalue weighted by atomic mass is 32.1. The average molecular weight is 298 g/mol. The Bertz CT molecular complexity index is 483. The van der Waals surface area contributed by atoms with E-state index in [1.165, 1.54) is 11.3 Å². The van der Waals surface area contributed by atoms with Gasteiger partial charge in [0.15, 0.2) is 0 Å². The van der Waals surface area contributed by atoms with E-state index in [1.807, 2.05) is 20.8 Å². The molecule has 5 nitrogen and oxygen atoms in total. The van der Waals surface area contributed by atoms with Gasteiger partial charge in [0.05, 0.1) is 17.1 Å². The van der Waals surface area contributed by atoms with Gasteiger partial charge in [0.1, 0.15) is 4.88 Å². The smallest absolute Gasteiger partial charge is 0.305 e. The first-order chi connectivity index (χ1) is 9.36. The number of aryl methyl sites for hydroxylation is 2. The van der Waals surface area contributed by atoms with Crippen LogP contribution in [0.4, 0.5) is 0 Å². The summed E-state index contributed by atoms with van der Waals surface area (Å²) in [7, 11) is 0. The van der Waals surface area contributed by atoms with Crippen molar-refractivity contribution in [3.8, 4) is 0 Å². The van der Waals surface area contributed by atoms with Crippen LogP contribution >= 0.6 is 11.3 Å². The van der Waals surface area contributed by atoms with Gasteiger partial charge in [-0.1, -0.05) is 6.92 Å². The molecule has 0 aromatic carbocycles. The van der Waals surface area contributed by atoms with Crippen molar-refractivity contribution < 1.29 is 14.7 Å². The number of carboxylic acids is 1. The maximum absolute atomic E-state index is 12.5. The van der Waals surface area contributed by atoms with Crippen molar-refractivity contribution in [3.63, 3.8) is 0 Å². The number of aliphatic carboxylic acids is 1. The Labute approximate surface area is 123 Å². The molecule has 1 aromatic rings. The summed E-state index contributed by atoms with van der Waals surface area (Å²) in [6, 6.07) is -0.0297. The maximum Gasteiger partial charge on any atom is 0.305 e. The Balaban J connectivity index is 2.91. The van der Waals surface area contributed by atoms with E-state index in [9.17, 15) is 9.59 Å². The normalized spacial score (nSPS) is 10.8. The van der Waals surface area contributed by atoms with Crippen LogP contribution in [0.3, 0.4) is 0 Å². The van der Waals surface area contributed by atoms with Crippen molar-refractivity contribution in [2.24, 2.45) is 0 Å². The van der Waals surface area contributed by atoms with Gasteiger partial charge in [-0.3, -0.25) is 9.59 Å². The molecule has 1 N–H and O–H groups in total. The van der Waals surface area contributed by atoms with Crippen molar-refractivity contribution in [1.29, 1.82) is 0 Å². The van der Waals surface area contributed by atoms with Gasteiger partial charge >= 0.3 is 5.97 Å². The van der Waals surface area contributed by atoms with E-state index >= 15 is 0 Å². The van der Waals surface area contributed by atoms with Crippen LogP contribution in [0.15, 0.2) is 0 Å². The number of carbonyl (C=O) groups is 2. The Morgan fingerprint density at radius 3 is 2.55 bits per heavy atom. The summed E-state index contributed by atoms with van der Waals surface area (Å²) in [5.41, 5.74) is 0.740. The number of amides is 1. The zero-order valence-electron chi connectivity index (χ0n) is 12.5. The predicted octanol–water partition coefficient (Wildman–Crippen LogP) is 2.73. The third-order valence-corrected chi connectivity index (χ3v) is 4.15. The van der Waals surface area contributed by atoms with Crippen molar-refractivity contribution in [2.75, 3.05) is 6.54 Å². The second-order valence-electron chi connectivity index (χ2n) is 5.01. The fourth-order valence-corrected chi connectivity index (χ4v) is 3.03. The van der Waals surface area contributed by atoms with E-state index in [-0.39, 0.29) is 24.9 Å². The van der Waals surface area contributed by atoms with Gasteiger partial charge < -0.3 is 10.0 Å². The van der Waals surface area contributed by atoms with E-state index < -0.39 is 5.97 Å². The van der Waals surface area contributed by atoms with Gasteiger partial charge in [0.25, 0.3) is 5.91 Å². The molecule has 0 radical (unpaired) electrons. The lowest BCUT2D eigenvalue weighted by Gasteiger charge is -2.25. The first-order valence-corrected chi connectivity index (χ1v) is 7.67. The second-order valence-corrected chi connectivity index (χ2v) is 6.09. The topological polar surface area (TPSA) is 70.5 Å². The molecule has 1 amide bonds. The third kappa shape index (κ3) is 4.30. The highest BCUT2D eigenvalue weighted by molar-refractivity contribution is 7.13. The van der Waals surface area contributed by atoms with Crippen LogP contribution in [0, 0.1) is 6.92 Å². The molecule has 0 spiro atoms. The van der Waals surface area contributed by atoms with E-state index in [4.69, 9.17) is 5.11 Å². The minimum atomic E-state index is -0.892. The van der Waals surface area contributed by atoms with Crippen LogP contribution in [0.25, 0.3) is 0 Å². The number of hydrogen-bond acceptors (Lipinski definition) is 4. The van der Waals surface area contributed by atoms with Gasteiger partial charge in [0.2, 0.25) is 0 Å². The first kappa shape index (κ1) is 16.6. The largest absolute Gasteiger partial charge is 0.481 e. The summed E-state index contributed by atoms with van der Waals surface area (Å²) in [6.45, 7) is 7.92. The molecule has 0 aliphatic rings. The van der Waals surface area contributed by atoms with E-state index in [0.717, 1.165) is 23.5 Å². The van der Waals surface area contributed by atoms with Crippen molar-refractivity contribution in [2.45, 2.75) is 53.0 Å². The van der Waals surface area contributed by atoms with Crippen molar-refractivity contribution >= 4 is 23.2 Å². The molecule has 1 rings (SSSR count). The summed E-state index contributed by atoms with van der Waals surface area (Å²) < 4.78 is 0. The number of thiazole rings is 1. The molecule has 1 heterocycles. The minimum Gasteiger partial charge on any atom is -0.481 e. The maximum atomic E-state index is 12.5. The molecule has 0 bridgehead atoms. The number of carbonyl (C=O) groups excluding carboxylic acids is 1. The van der Waals surface area contributed by atoms with Crippen molar-refractivity contribution in [1.82, 2.24) is 9.88 Å². The number of nitrogens with zero attached hydrogens (tertiary/aromatic N) is 2. The van der Waals surface area contributed by atoms with Crippen LogP contribution in [-0.2, 0) is 11.2 Å². The summed E-state index contributed by atoms with van der Waals surface area (Å²) in [6.07, 6.45) is 1.83. The van der Waals surface area contributed by atoms with Crippen LogP contribution in [0.5, 0.6) is 0 Å². The molecular formula is C14H22N2O3S. The first-order valence-electron chi connectivity index (χ1n) is 6.85. The van der Waals surface area contributed by atoms with Crippen LogP contribution in [0.1, 0.15) is 54.0 Å². The van der Waals surface area contributed by atoms with Gasteiger partial charge in [-0.2, -0.15) is 0 Å². The van der Waals surface area contributed by atoms with E-state index in [1.54, 1.807) is 4.90 Å². The minimum absolute atomic E-state index is 0.0297. The number of hydrogen-bond donors (Lipinski definition) is 1. The SMILES string of the molecule is CCCc1nc(C)c(C(=O)N(CCC(=O)O)C(C)C)s1. The third-order valence-electron chi connectivity index (χ3n) is 2.95. The van der Waals surface area contributed by atoms with Crippen molar-refractivity contribution in [3.05, 3.63) is 15.6 Å². The van der Waals surface area contributed by atoms with Crippen LogP contribution in [-0.4, -0.2) is 39.5 Å². The monoisotopic (exact) mass is 298 g/mol. The lowest BCUT2D eigenvalue weighted by molar-refractivity contribution is -0.137. The highest BCUT2D eigenvalue weighted by Gasteiger charge is 2.23. The van der Waals surface area contributed by atoms with Gasteiger partial charge in [0, 0.05) is 12.6 Å². The lowest BCUT2D eigenvalue weighted by Crippen LogP contribution is -2.38. The molecule has 0 aliphatic carbocycles. The fourth-order valence-electron chi connectivity index (χ4n) is 1.91. The number of carboxylic acid groups (broad SMARTS) is 1. The van der Waals surface area contributed by atoms with Crippen LogP contribution < -0.4 is 0 Å². The van der Waals surface area contributed by atoms with Gasteiger partial charge in [-0.15, -0.1) is 11.3 Å². The Morgan fingerprint density at radius 1 is 1.40 bits per heavy atom. The summed E-state index contributed by atoms with van der Waals surface area (Å²) in [5.74, 6) is -1.00. The second kappa shape index (κ2) is 7.38. The highest BCUT2D eigenvalue weighted by Crippen LogP contribution is 2.22. The summed E-state index contributed by atoms with van der Waals surface area (Å²) >= 11 is 1.42. The predicted molar refractivity (Wildman–Crippen MR) is 79.3 cm³/mol. The lowest BCUT2D eigenvalue weighted by atomic mass is 10.2. The van der Waals surface area contributed by atoms with Gasteiger partial charge in [-0.25, -0.2) is 4.98 Å². The number of rotatable bonds is 7. The van der Waals surface area contributed by atoms with Gasteiger partial charge in [-0.05, 0) is 33.6 Å². The quantitative estimate of drug-likeness (QED) is 0.840. The zero-order valence-corrected chi connectivity index (χ0v) is 13.3. The summed E-state index contributed by atoms with van der Waals surface area (Å²) in [4.78, 5) is 29.9. The molecule has 112 valence electrons. The molecule has 0 saturated carbocycles. The molecule has 6 heteroatoms. The summed E-state index contributed by atoms with van der Waals surface area (Å²) in [5, 5.41) is 9.75. The number of aromatic nitrogens is 1. The Kier molecular flexibility index (Phi) is 6.13. The average Bonchev–Trinajstić information content (AvgIpc) is 2.70.